The molecule has 0 bridgehead atoms. The van der Waals surface area contributed by atoms with Gasteiger partial charge in [0.25, 0.3) is 10.1 Å². The topological polar surface area (TPSA) is 69.6 Å². The van der Waals surface area contributed by atoms with Gasteiger partial charge in [0.2, 0.25) is 0 Å². The molecule has 1 rings (SSSR count). The van der Waals surface area contributed by atoms with Gasteiger partial charge in [-0.05, 0) is 38.3 Å². The molecule has 0 aliphatic heterocycles. The van der Waals surface area contributed by atoms with Gasteiger partial charge in [-0.25, -0.2) is 5.43 Å². The van der Waals surface area contributed by atoms with Crippen LogP contribution in [0.2, 0.25) is 0 Å². The highest BCUT2D eigenvalue weighted by Crippen LogP contribution is 2.22. The van der Waals surface area contributed by atoms with Gasteiger partial charge in [0.05, 0.1) is 11.4 Å². The van der Waals surface area contributed by atoms with E-state index < -0.39 is 10.1 Å². The van der Waals surface area contributed by atoms with Crippen LogP contribution in [-0.2, 0) is 10.1 Å². The lowest BCUT2D eigenvalue weighted by atomic mass is 10.1. The molecule has 0 amide bonds. The number of nitrogens with zero attached hydrogens (tertiary/aromatic N) is 1. The zero-order valence-corrected chi connectivity index (χ0v) is 12.5. The van der Waals surface area contributed by atoms with E-state index in [1.54, 1.807) is 0 Å². The van der Waals surface area contributed by atoms with Gasteiger partial charge in [-0.3, -0.25) is 4.55 Å². The van der Waals surface area contributed by atoms with Crippen molar-refractivity contribution in [3.05, 3.63) is 29.3 Å². The predicted octanol–water partition coefficient (Wildman–Crippen LogP) is 1.91. The summed E-state index contributed by atoms with van der Waals surface area (Å²) in [5, 5.41) is 2.01. The van der Waals surface area contributed by atoms with E-state index in [0.717, 1.165) is 12.2 Å². The molecule has 0 saturated heterocycles. The third-order valence-electron chi connectivity index (χ3n) is 2.91. The molecule has 0 saturated carbocycles. The standard InChI is InChI=1S/C13H22N2O3S/c1-4-15(14-9-6-10-19(16,17)18)13-11(2)7-5-8-12(13)3/h5,7-8,14H,4,6,9-10H2,1-3H3,(H,16,17,18). The molecule has 0 aromatic heterocycles. The summed E-state index contributed by atoms with van der Waals surface area (Å²) in [5.41, 5.74) is 6.66. The summed E-state index contributed by atoms with van der Waals surface area (Å²) in [6.45, 7) is 7.40. The molecule has 0 radical (unpaired) electrons. The Morgan fingerprint density at radius 3 is 2.32 bits per heavy atom. The van der Waals surface area contributed by atoms with Gasteiger partial charge in [0, 0.05) is 13.1 Å². The Hall–Kier alpha value is -1.11. The zero-order chi connectivity index (χ0) is 14.5. The molecule has 0 heterocycles. The number of nitrogens with one attached hydrogen (secondary N) is 1. The number of hydrazine groups is 1. The van der Waals surface area contributed by atoms with E-state index in [1.165, 1.54) is 11.1 Å². The lowest BCUT2D eigenvalue weighted by molar-refractivity contribution is 0.479. The molecule has 0 unspecified atom stereocenters. The molecule has 0 spiro atoms. The normalized spacial score (nSPS) is 11.6. The summed E-state index contributed by atoms with van der Waals surface area (Å²) in [7, 11) is -3.87. The molecule has 19 heavy (non-hydrogen) atoms. The van der Waals surface area contributed by atoms with E-state index in [2.05, 4.69) is 5.43 Å². The minimum absolute atomic E-state index is 0.218. The third kappa shape index (κ3) is 5.18. The zero-order valence-electron chi connectivity index (χ0n) is 11.7. The van der Waals surface area contributed by atoms with Crippen molar-refractivity contribution in [1.29, 1.82) is 0 Å². The fourth-order valence-electron chi connectivity index (χ4n) is 2.05. The first-order valence-electron chi connectivity index (χ1n) is 6.37. The molecule has 2 N–H and O–H groups in total. The van der Waals surface area contributed by atoms with E-state index in [4.69, 9.17) is 4.55 Å². The van der Waals surface area contributed by atoms with Gasteiger partial charge in [-0.2, -0.15) is 8.42 Å². The fraction of sp³-hybridized carbons (Fsp3) is 0.538. The Labute approximate surface area is 115 Å². The Bertz CT molecular complexity index is 494. The van der Waals surface area contributed by atoms with E-state index in [1.807, 2.05) is 44.0 Å². The maximum Gasteiger partial charge on any atom is 0.264 e. The fourth-order valence-corrected chi connectivity index (χ4v) is 2.56. The van der Waals surface area contributed by atoms with Gasteiger partial charge < -0.3 is 5.01 Å². The molecule has 6 heteroatoms. The quantitative estimate of drug-likeness (QED) is 0.455. The summed E-state index contributed by atoms with van der Waals surface area (Å²) >= 11 is 0. The van der Waals surface area contributed by atoms with Crippen LogP contribution in [0.15, 0.2) is 18.2 Å². The highest BCUT2D eigenvalue weighted by Gasteiger charge is 2.10. The van der Waals surface area contributed by atoms with E-state index >= 15 is 0 Å². The van der Waals surface area contributed by atoms with Crippen molar-refractivity contribution in [2.45, 2.75) is 27.2 Å². The number of aryl methyl sites for hydroxylation is 2. The molecule has 108 valence electrons. The monoisotopic (exact) mass is 286 g/mol. The average molecular weight is 286 g/mol. The Balaban J connectivity index is 2.64. The van der Waals surface area contributed by atoms with Crippen LogP contribution in [0.3, 0.4) is 0 Å². The van der Waals surface area contributed by atoms with Gasteiger partial charge in [0.15, 0.2) is 0 Å². The molecule has 1 aromatic rings. The Morgan fingerprint density at radius 2 is 1.84 bits per heavy atom. The minimum atomic E-state index is -3.87. The van der Waals surface area contributed by atoms with Gasteiger partial charge in [0.1, 0.15) is 0 Å². The number of anilines is 1. The predicted molar refractivity (Wildman–Crippen MR) is 78.0 cm³/mol. The molecule has 5 nitrogen and oxygen atoms in total. The summed E-state index contributed by atoms with van der Waals surface area (Å²) in [5.74, 6) is -0.218. The summed E-state index contributed by atoms with van der Waals surface area (Å²) in [4.78, 5) is 0. The molecule has 0 atom stereocenters. The second-order valence-corrected chi connectivity index (χ2v) is 6.10. The summed E-state index contributed by atoms with van der Waals surface area (Å²) < 4.78 is 30.0. The van der Waals surface area contributed by atoms with Crippen molar-refractivity contribution < 1.29 is 13.0 Å². The smallest absolute Gasteiger partial charge is 0.264 e. The number of hydrogen-bond acceptors (Lipinski definition) is 4. The van der Waals surface area contributed by atoms with Crippen LogP contribution in [0.25, 0.3) is 0 Å². The van der Waals surface area contributed by atoms with E-state index in [-0.39, 0.29) is 5.75 Å². The second-order valence-electron chi connectivity index (χ2n) is 4.53. The van der Waals surface area contributed by atoms with Crippen molar-refractivity contribution in [3.63, 3.8) is 0 Å². The van der Waals surface area contributed by atoms with Gasteiger partial charge in [-0.15, -0.1) is 0 Å². The summed E-state index contributed by atoms with van der Waals surface area (Å²) in [6.07, 6.45) is 0.375. The van der Waals surface area contributed by atoms with Crippen molar-refractivity contribution >= 4 is 15.8 Å². The van der Waals surface area contributed by atoms with Crippen molar-refractivity contribution in [2.75, 3.05) is 23.9 Å². The largest absolute Gasteiger partial charge is 0.308 e. The number of para-hydroxylation sites is 1. The third-order valence-corrected chi connectivity index (χ3v) is 3.71. The van der Waals surface area contributed by atoms with Crippen LogP contribution >= 0.6 is 0 Å². The molecule has 1 aromatic carbocycles. The van der Waals surface area contributed by atoms with Crippen LogP contribution in [0.1, 0.15) is 24.5 Å². The average Bonchev–Trinajstić information content (AvgIpc) is 2.30. The first-order valence-corrected chi connectivity index (χ1v) is 7.98. The minimum Gasteiger partial charge on any atom is -0.308 e. The van der Waals surface area contributed by atoms with E-state index in [0.29, 0.717) is 13.0 Å². The number of rotatable bonds is 7. The maximum atomic E-state index is 10.6. The first kappa shape index (κ1) is 15.9. The number of hydrogen-bond donors (Lipinski definition) is 2. The van der Waals surface area contributed by atoms with Crippen LogP contribution in [0.4, 0.5) is 5.69 Å². The van der Waals surface area contributed by atoms with Crippen LogP contribution < -0.4 is 10.4 Å². The van der Waals surface area contributed by atoms with Gasteiger partial charge >= 0.3 is 0 Å². The van der Waals surface area contributed by atoms with Crippen molar-refractivity contribution in [3.8, 4) is 0 Å². The molecular formula is C13H22N2O3S. The molecule has 0 aliphatic carbocycles. The van der Waals surface area contributed by atoms with Crippen LogP contribution in [0.5, 0.6) is 0 Å². The Morgan fingerprint density at radius 1 is 1.26 bits per heavy atom. The molecule has 0 fully saturated rings. The molecule has 0 aliphatic rings. The SMILES string of the molecule is CCN(NCCCS(=O)(=O)O)c1c(C)cccc1C. The van der Waals surface area contributed by atoms with Crippen molar-refractivity contribution in [2.24, 2.45) is 0 Å². The number of benzene rings is 1. The maximum absolute atomic E-state index is 10.6. The van der Waals surface area contributed by atoms with E-state index in [9.17, 15) is 8.42 Å². The van der Waals surface area contributed by atoms with Crippen LogP contribution in [-0.4, -0.2) is 31.8 Å². The lowest BCUT2D eigenvalue weighted by Gasteiger charge is -2.27. The van der Waals surface area contributed by atoms with Gasteiger partial charge in [-0.1, -0.05) is 18.2 Å². The van der Waals surface area contributed by atoms with Crippen molar-refractivity contribution in [1.82, 2.24) is 5.43 Å². The molecular weight excluding hydrogens is 264 g/mol. The first-order chi connectivity index (χ1) is 8.85. The Kier molecular flexibility index (Phi) is 5.78. The highest BCUT2D eigenvalue weighted by atomic mass is 32.2. The highest BCUT2D eigenvalue weighted by molar-refractivity contribution is 7.85. The lowest BCUT2D eigenvalue weighted by Crippen LogP contribution is -2.40. The second kappa shape index (κ2) is 6.88. The van der Waals surface area contributed by atoms with Crippen LogP contribution in [0, 0.1) is 13.8 Å². The summed E-state index contributed by atoms with van der Waals surface area (Å²) in [6, 6.07) is 6.11.